The molecule has 2 saturated heterocycles. The zero-order valence-corrected chi connectivity index (χ0v) is 7.23. The van der Waals surface area contributed by atoms with Crippen molar-refractivity contribution in [2.75, 3.05) is 19.8 Å². The van der Waals surface area contributed by atoms with E-state index < -0.39 is 0 Å². The highest BCUT2D eigenvalue weighted by Gasteiger charge is 2.41. The van der Waals surface area contributed by atoms with Gasteiger partial charge >= 0.3 is 0 Å². The molecule has 0 radical (unpaired) electrons. The van der Waals surface area contributed by atoms with Gasteiger partial charge in [0, 0.05) is 0 Å². The van der Waals surface area contributed by atoms with Crippen LogP contribution in [0.2, 0.25) is 0 Å². The zero-order valence-electron chi connectivity index (χ0n) is 7.23. The Balaban J connectivity index is 1.92. The average molecular weight is 155 g/mol. The van der Waals surface area contributed by atoms with Crippen LogP contribution in [0.5, 0.6) is 0 Å². The lowest BCUT2D eigenvalue weighted by Crippen LogP contribution is -2.63. The first-order valence-electron chi connectivity index (χ1n) is 4.67. The Hall–Kier alpha value is -0.0800. The molecule has 2 rings (SSSR count). The molecule has 0 unspecified atom stereocenters. The topological polar surface area (TPSA) is 21.3 Å². The Labute approximate surface area is 68.3 Å². The van der Waals surface area contributed by atoms with Crippen molar-refractivity contribution in [3.63, 3.8) is 0 Å². The smallest absolute Gasteiger partial charge is 0.0672 e. The molecular weight excluding hydrogens is 138 g/mol. The van der Waals surface area contributed by atoms with Crippen LogP contribution in [-0.2, 0) is 4.74 Å². The Kier molecular flexibility index (Phi) is 1.90. The lowest BCUT2D eigenvalue weighted by Gasteiger charge is -2.47. The van der Waals surface area contributed by atoms with Crippen molar-refractivity contribution in [3.8, 4) is 0 Å². The third-order valence-corrected chi connectivity index (χ3v) is 3.07. The quantitative estimate of drug-likeness (QED) is 0.613. The fraction of sp³-hybridized carbons (Fsp3) is 1.00. The summed E-state index contributed by atoms with van der Waals surface area (Å²) in [6, 6.07) is 0. The van der Waals surface area contributed by atoms with Crippen molar-refractivity contribution in [3.05, 3.63) is 0 Å². The summed E-state index contributed by atoms with van der Waals surface area (Å²) >= 11 is 0. The second-order valence-electron chi connectivity index (χ2n) is 3.97. The third-order valence-electron chi connectivity index (χ3n) is 3.07. The minimum atomic E-state index is 0.402. The molecule has 2 aliphatic rings. The molecule has 0 amide bonds. The van der Waals surface area contributed by atoms with E-state index in [4.69, 9.17) is 4.74 Å². The first kappa shape index (κ1) is 7.56. The van der Waals surface area contributed by atoms with Crippen molar-refractivity contribution in [1.82, 2.24) is 5.32 Å². The molecule has 2 heterocycles. The van der Waals surface area contributed by atoms with E-state index in [9.17, 15) is 0 Å². The number of hydrogen-bond donors (Lipinski definition) is 1. The van der Waals surface area contributed by atoms with Gasteiger partial charge in [0.2, 0.25) is 0 Å². The maximum absolute atomic E-state index is 5.25. The van der Waals surface area contributed by atoms with E-state index in [1.165, 1.54) is 25.8 Å². The second-order valence-corrected chi connectivity index (χ2v) is 3.97. The van der Waals surface area contributed by atoms with Gasteiger partial charge in [-0.1, -0.05) is 13.3 Å². The van der Waals surface area contributed by atoms with Gasteiger partial charge in [0.25, 0.3) is 0 Å². The monoisotopic (exact) mass is 155 g/mol. The Morgan fingerprint density at radius 2 is 2.36 bits per heavy atom. The highest BCUT2D eigenvalue weighted by atomic mass is 16.5. The molecule has 0 bridgehead atoms. The average Bonchev–Trinajstić information content (AvgIpc) is 2.02. The van der Waals surface area contributed by atoms with Crippen LogP contribution in [0, 0.1) is 5.92 Å². The van der Waals surface area contributed by atoms with Gasteiger partial charge in [-0.3, -0.25) is 0 Å². The van der Waals surface area contributed by atoms with Crippen LogP contribution in [0.25, 0.3) is 0 Å². The number of ether oxygens (including phenoxy) is 1. The van der Waals surface area contributed by atoms with Crippen LogP contribution in [0.4, 0.5) is 0 Å². The minimum absolute atomic E-state index is 0.402. The van der Waals surface area contributed by atoms with Crippen molar-refractivity contribution in [1.29, 1.82) is 0 Å². The normalized spacial score (nSPS) is 35.2. The number of nitrogens with one attached hydrogen (secondary N) is 1. The fourth-order valence-corrected chi connectivity index (χ4v) is 2.19. The highest BCUT2D eigenvalue weighted by Crippen LogP contribution is 2.31. The van der Waals surface area contributed by atoms with Crippen LogP contribution >= 0.6 is 0 Å². The minimum Gasteiger partial charge on any atom is -0.377 e. The van der Waals surface area contributed by atoms with Gasteiger partial charge < -0.3 is 10.1 Å². The third kappa shape index (κ3) is 1.30. The maximum atomic E-state index is 5.25. The first-order chi connectivity index (χ1) is 5.35. The van der Waals surface area contributed by atoms with Gasteiger partial charge in [0.15, 0.2) is 0 Å². The van der Waals surface area contributed by atoms with E-state index in [1.54, 1.807) is 0 Å². The van der Waals surface area contributed by atoms with Gasteiger partial charge in [-0.15, -0.1) is 0 Å². The summed E-state index contributed by atoms with van der Waals surface area (Å²) in [5.41, 5.74) is 0.402. The van der Waals surface area contributed by atoms with Gasteiger partial charge in [-0.2, -0.15) is 0 Å². The number of piperidine rings is 1. The molecular formula is C9H17NO. The maximum Gasteiger partial charge on any atom is 0.0672 e. The molecule has 2 fully saturated rings. The van der Waals surface area contributed by atoms with E-state index >= 15 is 0 Å². The van der Waals surface area contributed by atoms with Crippen LogP contribution in [0.15, 0.2) is 0 Å². The summed E-state index contributed by atoms with van der Waals surface area (Å²) in [5.74, 6) is 0.945. The molecule has 1 atom stereocenters. The highest BCUT2D eigenvalue weighted by molar-refractivity contribution is 4.98. The van der Waals surface area contributed by atoms with Crippen molar-refractivity contribution >= 4 is 0 Å². The lowest BCUT2D eigenvalue weighted by molar-refractivity contribution is -0.0954. The van der Waals surface area contributed by atoms with Gasteiger partial charge in [0.1, 0.15) is 0 Å². The molecule has 64 valence electrons. The standard InChI is InChI=1S/C9H17NO/c1-2-8-3-4-10-9(5-8)6-11-7-9/h8,10H,2-7H2,1H3/t8-/m1/s1. The van der Waals surface area contributed by atoms with E-state index in [0.29, 0.717) is 5.54 Å². The summed E-state index contributed by atoms with van der Waals surface area (Å²) in [6.45, 7) is 5.39. The van der Waals surface area contributed by atoms with Crippen molar-refractivity contribution in [2.24, 2.45) is 5.92 Å². The van der Waals surface area contributed by atoms with E-state index in [0.717, 1.165) is 19.1 Å². The second kappa shape index (κ2) is 2.76. The van der Waals surface area contributed by atoms with Gasteiger partial charge in [-0.05, 0) is 25.3 Å². The molecule has 0 aliphatic carbocycles. The Bertz CT molecular complexity index is 142. The zero-order chi connectivity index (χ0) is 7.73. The molecule has 2 aliphatic heterocycles. The number of hydrogen-bond acceptors (Lipinski definition) is 2. The summed E-state index contributed by atoms with van der Waals surface area (Å²) < 4.78 is 5.25. The fourth-order valence-electron chi connectivity index (χ4n) is 2.19. The van der Waals surface area contributed by atoms with E-state index in [2.05, 4.69) is 12.2 Å². The van der Waals surface area contributed by atoms with E-state index in [1.807, 2.05) is 0 Å². The van der Waals surface area contributed by atoms with Crippen LogP contribution in [0.1, 0.15) is 26.2 Å². The van der Waals surface area contributed by atoms with Crippen molar-refractivity contribution in [2.45, 2.75) is 31.7 Å². The summed E-state index contributed by atoms with van der Waals surface area (Å²) in [6.07, 6.45) is 4.03. The van der Waals surface area contributed by atoms with Crippen LogP contribution in [0.3, 0.4) is 0 Å². The largest absolute Gasteiger partial charge is 0.377 e. The van der Waals surface area contributed by atoms with Crippen LogP contribution in [-0.4, -0.2) is 25.3 Å². The SMILES string of the molecule is CC[C@@H]1CCNC2(COC2)C1. The molecule has 1 spiro atoms. The molecule has 0 aromatic rings. The lowest BCUT2D eigenvalue weighted by atomic mass is 9.79. The molecule has 11 heavy (non-hydrogen) atoms. The number of rotatable bonds is 1. The Morgan fingerprint density at radius 1 is 1.55 bits per heavy atom. The molecule has 1 N–H and O–H groups in total. The molecule has 2 heteroatoms. The van der Waals surface area contributed by atoms with Crippen LogP contribution < -0.4 is 5.32 Å². The van der Waals surface area contributed by atoms with Gasteiger partial charge in [0.05, 0.1) is 18.8 Å². The summed E-state index contributed by atoms with van der Waals surface area (Å²) in [7, 11) is 0. The van der Waals surface area contributed by atoms with Crippen molar-refractivity contribution < 1.29 is 4.74 Å². The Morgan fingerprint density at radius 3 is 2.91 bits per heavy atom. The molecule has 0 aromatic carbocycles. The first-order valence-corrected chi connectivity index (χ1v) is 4.67. The predicted molar refractivity (Wildman–Crippen MR) is 44.6 cm³/mol. The van der Waals surface area contributed by atoms with Gasteiger partial charge in [-0.25, -0.2) is 0 Å². The molecule has 0 aromatic heterocycles. The molecule has 2 nitrogen and oxygen atoms in total. The predicted octanol–water partition coefficient (Wildman–Crippen LogP) is 1.17. The molecule has 0 saturated carbocycles. The summed E-state index contributed by atoms with van der Waals surface area (Å²) in [4.78, 5) is 0. The summed E-state index contributed by atoms with van der Waals surface area (Å²) in [5, 5.41) is 3.57. The van der Waals surface area contributed by atoms with E-state index in [-0.39, 0.29) is 0 Å².